The third-order valence-corrected chi connectivity index (χ3v) is 10.0. The number of ether oxygens (including phenoxy) is 6. The average molecular weight is 634 g/mol. The van der Waals surface area contributed by atoms with Crippen molar-refractivity contribution in [1.29, 1.82) is 0 Å². The van der Waals surface area contributed by atoms with Gasteiger partial charge in [-0.05, 0) is 75.5 Å². The highest BCUT2D eigenvalue weighted by Crippen LogP contribution is 2.41. The number of rotatable bonds is 12. The Labute approximate surface area is 257 Å². The van der Waals surface area contributed by atoms with Crippen LogP contribution in [0.5, 0.6) is 0 Å². The Morgan fingerprint density at radius 1 is 0.489 bits per heavy atom. The summed E-state index contributed by atoms with van der Waals surface area (Å²) in [5.74, 6) is -2.25. The van der Waals surface area contributed by atoms with Gasteiger partial charge in [-0.1, -0.05) is 0 Å². The lowest BCUT2D eigenvalue weighted by Gasteiger charge is -2.20. The molecule has 1 aromatic heterocycles. The molecule has 7 rings (SSSR count). The largest absolute Gasteiger partial charge is 0.464 e. The Hall–Kier alpha value is -3.30. The van der Waals surface area contributed by atoms with Crippen molar-refractivity contribution >= 4 is 17.9 Å². The molecule has 9 atom stereocenters. The number of aromatic nitrogens is 3. The zero-order chi connectivity index (χ0) is 31.2. The molecule has 246 valence electrons. The summed E-state index contributed by atoms with van der Waals surface area (Å²) >= 11 is 0. The smallest absolute Gasteiger partial charge is 0.337 e. The Bertz CT molecular complexity index is 1310. The highest BCUT2D eigenvalue weighted by Gasteiger charge is 2.45. The number of fused-ring (bicyclic) bond motifs is 3. The van der Waals surface area contributed by atoms with E-state index < -0.39 is 54.6 Å². The van der Waals surface area contributed by atoms with E-state index in [1.54, 1.807) is 0 Å². The lowest BCUT2D eigenvalue weighted by atomic mass is 9.90. The van der Waals surface area contributed by atoms with Gasteiger partial charge in [0, 0.05) is 0 Å². The van der Waals surface area contributed by atoms with Gasteiger partial charge in [0.1, 0.15) is 19.6 Å². The van der Waals surface area contributed by atoms with Crippen LogP contribution in [0.2, 0.25) is 0 Å². The molecule has 6 fully saturated rings. The van der Waals surface area contributed by atoms with E-state index in [4.69, 9.17) is 28.4 Å². The van der Waals surface area contributed by atoms with Gasteiger partial charge in [-0.3, -0.25) is 14.4 Å². The molecule has 3 aliphatic heterocycles. The maximum atomic E-state index is 13.3. The molecule has 6 aliphatic rings. The minimum absolute atomic E-state index is 0.104. The molecule has 0 N–H and O–H groups in total. The standard InChI is InChI=1S/C30H39N3O12/c34-25(40-13-16-1-4-19-22(7-16)43-19)10-31-28(37)32(11-26(35)41-14-17-2-5-20-23(8-17)44-20)30(39)33(29(31)38)12-27(36)42-15-18-3-6-21-24(9-18)45-21/h16-24H,1-15H2. The van der Waals surface area contributed by atoms with Crippen LogP contribution in [0.1, 0.15) is 57.8 Å². The average Bonchev–Trinajstić information content (AvgIpc) is 3.92. The molecule has 0 spiro atoms. The van der Waals surface area contributed by atoms with Gasteiger partial charge in [-0.25, -0.2) is 28.1 Å². The first-order valence-corrected chi connectivity index (χ1v) is 16.1. The van der Waals surface area contributed by atoms with E-state index in [9.17, 15) is 28.8 Å². The maximum absolute atomic E-state index is 13.3. The van der Waals surface area contributed by atoms with Crippen molar-refractivity contribution in [3.63, 3.8) is 0 Å². The molecule has 3 saturated heterocycles. The molecule has 0 bridgehead atoms. The molecule has 3 aliphatic carbocycles. The van der Waals surface area contributed by atoms with E-state index in [2.05, 4.69) is 0 Å². The summed E-state index contributed by atoms with van der Waals surface area (Å²) in [6.45, 7) is -2.08. The van der Waals surface area contributed by atoms with Crippen molar-refractivity contribution in [3.05, 3.63) is 31.5 Å². The summed E-state index contributed by atoms with van der Waals surface area (Å²) in [5.41, 5.74) is -3.53. The summed E-state index contributed by atoms with van der Waals surface area (Å²) < 4.78 is 34.2. The van der Waals surface area contributed by atoms with Gasteiger partial charge in [-0.15, -0.1) is 0 Å². The SMILES string of the molecule is O=C(Cn1c(=O)n(CC(=O)OCC2CCC3OC3C2)c(=O)n(CC(=O)OCC2CCC3OC3C2)c1=O)OCC1CCC2OC2C1. The second-order valence-corrected chi connectivity index (χ2v) is 13.3. The van der Waals surface area contributed by atoms with E-state index in [0.29, 0.717) is 13.7 Å². The van der Waals surface area contributed by atoms with Crippen molar-refractivity contribution in [3.8, 4) is 0 Å². The molecule has 15 nitrogen and oxygen atoms in total. The van der Waals surface area contributed by atoms with Crippen LogP contribution in [0.3, 0.4) is 0 Å². The van der Waals surface area contributed by atoms with Gasteiger partial charge >= 0.3 is 35.0 Å². The summed E-state index contributed by atoms with van der Waals surface area (Å²) in [4.78, 5) is 78.3. The molecule has 9 unspecified atom stereocenters. The lowest BCUT2D eigenvalue weighted by molar-refractivity contribution is -0.146. The number of nitrogens with zero attached hydrogens (tertiary/aromatic N) is 3. The quantitative estimate of drug-likeness (QED) is 0.164. The fourth-order valence-corrected chi connectivity index (χ4v) is 7.16. The van der Waals surface area contributed by atoms with Crippen LogP contribution in [0.15, 0.2) is 14.4 Å². The molecule has 0 aromatic carbocycles. The van der Waals surface area contributed by atoms with E-state index >= 15 is 0 Å². The van der Waals surface area contributed by atoms with Gasteiger partial charge in [0.2, 0.25) is 0 Å². The first-order valence-electron chi connectivity index (χ1n) is 16.1. The summed E-state index contributed by atoms with van der Waals surface area (Å²) in [5, 5.41) is 0. The first-order chi connectivity index (χ1) is 21.7. The first kappa shape index (κ1) is 30.4. The van der Waals surface area contributed by atoms with Crippen LogP contribution in [0.25, 0.3) is 0 Å². The van der Waals surface area contributed by atoms with E-state index in [0.717, 1.165) is 57.8 Å². The zero-order valence-electron chi connectivity index (χ0n) is 25.0. The van der Waals surface area contributed by atoms with Crippen LogP contribution in [-0.2, 0) is 62.4 Å². The molecular formula is C30H39N3O12. The fraction of sp³-hybridized carbons (Fsp3) is 0.800. The molecule has 1 aromatic rings. The molecule has 45 heavy (non-hydrogen) atoms. The van der Waals surface area contributed by atoms with Gasteiger partial charge < -0.3 is 28.4 Å². The highest BCUT2D eigenvalue weighted by molar-refractivity contribution is 5.70. The lowest BCUT2D eigenvalue weighted by Crippen LogP contribution is -2.56. The van der Waals surface area contributed by atoms with E-state index in [1.165, 1.54) is 0 Å². The predicted octanol–water partition coefficient (Wildman–Crippen LogP) is -0.496. The summed E-state index contributed by atoms with van der Waals surface area (Å²) in [6.07, 6.45) is 8.91. The highest BCUT2D eigenvalue weighted by atomic mass is 16.6. The normalized spacial score (nSPS) is 34.0. The number of hydrogen-bond donors (Lipinski definition) is 0. The Morgan fingerprint density at radius 2 is 0.778 bits per heavy atom. The van der Waals surface area contributed by atoms with E-state index in [1.807, 2.05) is 0 Å². The third kappa shape index (κ3) is 7.09. The molecule has 0 amide bonds. The van der Waals surface area contributed by atoms with Crippen molar-refractivity contribution in [2.75, 3.05) is 19.8 Å². The predicted molar refractivity (Wildman–Crippen MR) is 150 cm³/mol. The maximum Gasteiger partial charge on any atom is 0.337 e. The van der Waals surface area contributed by atoms with E-state index in [-0.39, 0.29) is 74.2 Å². The third-order valence-electron chi connectivity index (χ3n) is 10.0. The van der Waals surface area contributed by atoms with Crippen LogP contribution in [-0.4, -0.2) is 88.1 Å². The van der Waals surface area contributed by atoms with Gasteiger partial charge in [0.15, 0.2) is 0 Å². The van der Waals surface area contributed by atoms with Gasteiger partial charge in [0.25, 0.3) is 0 Å². The Kier molecular flexibility index (Phi) is 8.42. The second kappa shape index (κ2) is 12.5. The molecule has 0 radical (unpaired) electrons. The Balaban J connectivity index is 1.03. The van der Waals surface area contributed by atoms with Gasteiger partial charge in [-0.2, -0.15) is 0 Å². The van der Waals surface area contributed by atoms with Crippen molar-refractivity contribution < 1.29 is 42.8 Å². The molecule has 4 heterocycles. The number of esters is 3. The van der Waals surface area contributed by atoms with Crippen LogP contribution in [0.4, 0.5) is 0 Å². The minimum atomic E-state index is -1.18. The Morgan fingerprint density at radius 3 is 1.04 bits per heavy atom. The molecule has 3 saturated carbocycles. The zero-order valence-corrected chi connectivity index (χ0v) is 25.0. The van der Waals surface area contributed by atoms with Crippen molar-refractivity contribution in [2.45, 2.75) is 114 Å². The number of hydrogen-bond acceptors (Lipinski definition) is 12. The monoisotopic (exact) mass is 633 g/mol. The summed E-state index contributed by atoms with van der Waals surface area (Å²) in [6, 6.07) is 0. The van der Waals surface area contributed by atoms with Crippen LogP contribution < -0.4 is 17.1 Å². The van der Waals surface area contributed by atoms with Crippen molar-refractivity contribution in [1.82, 2.24) is 13.7 Å². The number of epoxide rings is 3. The minimum Gasteiger partial charge on any atom is -0.464 e. The number of carbonyl (C=O) groups is 3. The van der Waals surface area contributed by atoms with Crippen LogP contribution in [0, 0.1) is 17.8 Å². The van der Waals surface area contributed by atoms with Gasteiger partial charge in [0.05, 0.1) is 56.4 Å². The van der Waals surface area contributed by atoms with Crippen LogP contribution >= 0.6 is 0 Å². The number of carbonyl (C=O) groups excluding carboxylic acids is 3. The fourth-order valence-electron chi connectivity index (χ4n) is 7.16. The topological polar surface area (TPSA) is 182 Å². The second-order valence-electron chi connectivity index (χ2n) is 13.3. The molecular weight excluding hydrogens is 594 g/mol. The van der Waals surface area contributed by atoms with Crippen molar-refractivity contribution in [2.24, 2.45) is 17.8 Å². The molecule has 15 heteroatoms. The summed E-state index contributed by atoms with van der Waals surface area (Å²) in [7, 11) is 0.